The van der Waals surface area contributed by atoms with Crippen molar-refractivity contribution in [3.8, 4) is 5.69 Å². The van der Waals surface area contributed by atoms with Gasteiger partial charge in [0.15, 0.2) is 0 Å². The molecule has 0 saturated carbocycles. The normalized spacial score (nSPS) is 17.2. The van der Waals surface area contributed by atoms with Crippen molar-refractivity contribution >= 4 is 16.7 Å². The van der Waals surface area contributed by atoms with Gasteiger partial charge in [0.25, 0.3) is 0 Å². The molecule has 2 aromatic carbocycles. The summed E-state index contributed by atoms with van der Waals surface area (Å²) in [6.07, 6.45) is 4.68. The van der Waals surface area contributed by atoms with Gasteiger partial charge in [0.1, 0.15) is 5.82 Å². The first kappa shape index (κ1) is 18.7. The second-order valence-corrected chi connectivity index (χ2v) is 9.14. The fourth-order valence-corrected chi connectivity index (χ4v) is 4.26. The molecule has 2 aromatic heterocycles. The number of benzene rings is 2. The van der Waals surface area contributed by atoms with Crippen LogP contribution in [0.3, 0.4) is 0 Å². The Bertz CT molecular complexity index is 1210. The highest BCUT2D eigenvalue weighted by atomic mass is 15.3. The molecule has 1 saturated heterocycles. The largest absolute Gasteiger partial charge is 0.355 e. The molecule has 0 aliphatic carbocycles. The number of nitrogens with one attached hydrogen (secondary N) is 1. The number of para-hydroxylation sites is 2. The van der Waals surface area contributed by atoms with Crippen LogP contribution < -0.4 is 4.90 Å². The summed E-state index contributed by atoms with van der Waals surface area (Å²) in [5.41, 5.74) is 6.93. The van der Waals surface area contributed by atoms with Crippen molar-refractivity contribution in [1.29, 1.82) is 0 Å². The van der Waals surface area contributed by atoms with E-state index in [0.29, 0.717) is 0 Å². The number of hydrogen-bond donors (Lipinski definition) is 1. The summed E-state index contributed by atoms with van der Waals surface area (Å²) in [6.45, 7) is 11.8. The molecule has 1 aliphatic rings. The third-order valence-electron chi connectivity index (χ3n) is 5.88. The number of hydrogen-bond acceptors (Lipinski definition) is 3. The molecule has 0 amide bonds. The molecule has 0 radical (unpaired) electrons. The Morgan fingerprint density at radius 1 is 1.07 bits per heavy atom. The van der Waals surface area contributed by atoms with Crippen molar-refractivity contribution in [2.75, 3.05) is 11.4 Å². The number of nitrogens with zero attached hydrogens (tertiary/aromatic N) is 4. The third kappa shape index (κ3) is 3.20. The SMILES string of the molecule is C=C1C[C@@H](c2nc3ccc(C(C)(C)C)cc3[nH]2)N(c2ccccc2-n2cccn2)C1. The second-order valence-electron chi connectivity index (χ2n) is 9.14. The minimum absolute atomic E-state index is 0.107. The zero-order valence-electron chi connectivity index (χ0n) is 17.8. The highest BCUT2D eigenvalue weighted by Gasteiger charge is 2.32. The summed E-state index contributed by atoms with van der Waals surface area (Å²) in [7, 11) is 0. The maximum absolute atomic E-state index is 4.96. The molecule has 30 heavy (non-hydrogen) atoms. The van der Waals surface area contributed by atoms with Crippen molar-refractivity contribution in [2.24, 2.45) is 0 Å². The highest BCUT2D eigenvalue weighted by Crippen LogP contribution is 2.40. The van der Waals surface area contributed by atoms with E-state index < -0.39 is 0 Å². The Kier molecular flexibility index (Phi) is 4.28. The number of aromatic amines is 1. The van der Waals surface area contributed by atoms with Crippen molar-refractivity contribution in [1.82, 2.24) is 19.7 Å². The van der Waals surface area contributed by atoms with Crippen LogP contribution in [0.1, 0.15) is 44.6 Å². The molecule has 1 aliphatic heterocycles. The number of fused-ring (bicyclic) bond motifs is 1. The molecule has 5 heteroatoms. The van der Waals surface area contributed by atoms with Gasteiger partial charge >= 0.3 is 0 Å². The van der Waals surface area contributed by atoms with Gasteiger partial charge in [-0.2, -0.15) is 5.10 Å². The summed E-state index contributed by atoms with van der Waals surface area (Å²) in [5, 5.41) is 4.45. The first-order chi connectivity index (χ1) is 14.4. The van der Waals surface area contributed by atoms with Gasteiger partial charge in [-0.05, 0) is 47.7 Å². The van der Waals surface area contributed by atoms with Crippen molar-refractivity contribution in [3.63, 3.8) is 0 Å². The molecule has 0 bridgehead atoms. The van der Waals surface area contributed by atoms with Crippen LogP contribution >= 0.6 is 0 Å². The van der Waals surface area contributed by atoms with Gasteiger partial charge in [0.05, 0.1) is 28.5 Å². The van der Waals surface area contributed by atoms with E-state index in [4.69, 9.17) is 4.98 Å². The summed E-state index contributed by atoms with van der Waals surface area (Å²) >= 11 is 0. The summed E-state index contributed by atoms with van der Waals surface area (Å²) in [5.74, 6) is 0.991. The molecular weight excluding hydrogens is 370 g/mol. The van der Waals surface area contributed by atoms with Crippen LogP contribution in [0.2, 0.25) is 0 Å². The maximum atomic E-state index is 4.96. The van der Waals surface area contributed by atoms with Gasteiger partial charge in [-0.1, -0.05) is 51.1 Å². The van der Waals surface area contributed by atoms with Gasteiger partial charge in [-0.25, -0.2) is 9.67 Å². The Balaban J connectivity index is 1.57. The fraction of sp³-hybridized carbons (Fsp3) is 0.280. The molecule has 4 aromatic rings. The van der Waals surface area contributed by atoms with Crippen molar-refractivity contribution < 1.29 is 0 Å². The molecular formula is C25H27N5. The first-order valence-electron chi connectivity index (χ1n) is 10.4. The molecule has 5 nitrogen and oxygen atoms in total. The predicted octanol–water partition coefficient (Wildman–Crippen LogP) is 5.55. The standard InChI is InChI=1S/C25H27N5/c1-17-14-23(24-27-19-11-10-18(25(2,3)4)15-20(19)28-24)29(16-17)21-8-5-6-9-22(21)30-13-7-12-26-30/h5-13,15,23H,1,14,16H2,2-4H3,(H,27,28)/t23-/m0/s1. The Hall–Kier alpha value is -3.34. The van der Waals surface area contributed by atoms with Gasteiger partial charge in [0, 0.05) is 18.9 Å². The third-order valence-corrected chi connectivity index (χ3v) is 5.88. The summed E-state index contributed by atoms with van der Waals surface area (Å²) in [6, 6.07) is 17.0. The van der Waals surface area contributed by atoms with Gasteiger partial charge in [0.2, 0.25) is 0 Å². The van der Waals surface area contributed by atoms with E-state index in [9.17, 15) is 0 Å². The lowest BCUT2D eigenvalue weighted by molar-refractivity contribution is 0.591. The van der Waals surface area contributed by atoms with Gasteiger partial charge in [-0.3, -0.25) is 0 Å². The van der Waals surface area contributed by atoms with Crippen LogP contribution in [-0.2, 0) is 5.41 Å². The molecule has 1 atom stereocenters. The molecule has 1 fully saturated rings. The molecule has 152 valence electrons. The Labute approximate surface area is 177 Å². The van der Waals surface area contributed by atoms with Crippen molar-refractivity contribution in [3.05, 3.63) is 84.5 Å². The monoisotopic (exact) mass is 397 g/mol. The quantitative estimate of drug-likeness (QED) is 0.461. The molecule has 0 spiro atoms. The van der Waals surface area contributed by atoms with Crippen LogP contribution in [0.15, 0.2) is 73.1 Å². The van der Waals surface area contributed by atoms with Crippen LogP contribution in [0.4, 0.5) is 5.69 Å². The highest BCUT2D eigenvalue weighted by molar-refractivity contribution is 5.77. The van der Waals surface area contributed by atoms with E-state index in [0.717, 1.165) is 41.2 Å². The second kappa shape index (κ2) is 6.87. The Morgan fingerprint density at radius 3 is 2.60 bits per heavy atom. The van der Waals surface area contributed by atoms with E-state index in [2.05, 4.69) is 84.8 Å². The summed E-state index contributed by atoms with van der Waals surface area (Å²) in [4.78, 5) is 11.0. The number of anilines is 1. The van der Waals surface area contributed by atoms with E-state index in [1.54, 1.807) is 0 Å². The Morgan fingerprint density at radius 2 is 1.87 bits per heavy atom. The van der Waals surface area contributed by atoms with Crippen molar-refractivity contribution in [2.45, 2.75) is 38.6 Å². The van der Waals surface area contributed by atoms with Gasteiger partial charge in [-0.15, -0.1) is 0 Å². The lowest BCUT2D eigenvalue weighted by Crippen LogP contribution is -2.25. The van der Waals surface area contributed by atoms with E-state index in [-0.39, 0.29) is 11.5 Å². The maximum Gasteiger partial charge on any atom is 0.130 e. The lowest BCUT2D eigenvalue weighted by Gasteiger charge is -2.27. The van der Waals surface area contributed by atoms with Crippen LogP contribution in [0.25, 0.3) is 16.7 Å². The molecule has 5 rings (SSSR count). The zero-order chi connectivity index (χ0) is 20.9. The topological polar surface area (TPSA) is 49.7 Å². The number of H-pyrrole nitrogens is 1. The zero-order valence-corrected chi connectivity index (χ0v) is 17.8. The van der Waals surface area contributed by atoms with Crippen LogP contribution in [0, 0.1) is 0 Å². The van der Waals surface area contributed by atoms with Crippen LogP contribution in [-0.4, -0.2) is 26.3 Å². The molecule has 3 heterocycles. The smallest absolute Gasteiger partial charge is 0.130 e. The van der Waals surface area contributed by atoms with E-state index in [1.807, 2.05) is 23.1 Å². The number of aromatic nitrogens is 4. The average Bonchev–Trinajstić information content (AvgIpc) is 3.45. The molecule has 1 N–H and O–H groups in total. The minimum Gasteiger partial charge on any atom is -0.355 e. The van der Waals surface area contributed by atoms with Gasteiger partial charge < -0.3 is 9.88 Å². The van der Waals surface area contributed by atoms with E-state index >= 15 is 0 Å². The average molecular weight is 398 g/mol. The number of imidazole rings is 1. The van der Waals surface area contributed by atoms with E-state index in [1.165, 1.54) is 11.1 Å². The minimum atomic E-state index is 0.107. The first-order valence-corrected chi connectivity index (χ1v) is 10.4. The summed E-state index contributed by atoms with van der Waals surface area (Å²) < 4.78 is 1.92. The number of rotatable bonds is 3. The predicted molar refractivity (Wildman–Crippen MR) is 122 cm³/mol. The van der Waals surface area contributed by atoms with Crippen LogP contribution in [0.5, 0.6) is 0 Å². The molecule has 0 unspecified atom stereocenters. The lowest BCUT2D eigenvalue weighted by atomic mass is 9.87. The fourth-order valence-electron chi connectivity index (χ4n) is 4.26.